The van der Waals surface area contributed by atoms with Crippen molar-refractivity contribution in [2.24, 2.45) is 0 Å². The lowest BCUT2D eigenvalue weighted by atomic mass is 10.2. The Kier molecular flexibility index (Phi) is 8.05. The Morgan fingerprint density at radius 1 is 1.21 bits per heavy atom. The van der Waals surface area contributed by atoms with Crippen LogP contribution >= 0.6 is 44.1 Å². The molecule has 2 amide bonds. The molecule has 12 heteroatoms. The number of nitrogens with one attached hydrogen (secondary N) is 3. The molecule has 2 aromatic rings. The summed E-state index contributed by atoms with van der Waals surface area (Å²) in [7, 11) is 0. The maximum absolute atomic E-state index is 12.1. The van der Waals surface area contributed by atoms with Gasteiger partial charge in [-0.15, -0.1) is 0 Å². The fraction of sp³-hybridized carbons (Fsp3) is 0.118. The van der Waals surface area contributed by atoms with Gasteiger partial charge in [-0.05, 0) is 58.8 Å². The third-order valence-electron chi connectivity index (χ3n) is 3.40. The van der Waals surface area contributed by atoms with Gasteiger partial charge in [0.05, 0.1) is 9.40 Å². The third kappa shape index (κ3) is 6.76. The number of rotatable bonds is 5. The topological polar surface area (TPSA) is 123 Å². The maximum atomic E-state index is 12.1. The molecular formula is C17H14Br2N4O5S. The van der Waals surface area contributed by atoms with Crippen LogP contribution in [0.25, 0.3) is 0 Å². The lowest BCUT2D eigenvalue weighted by Gasteiger charge is -2.13. The first-order valence-electron chi connectivity index (χ1n) is 7.90. The summed E-state index contributed by atoms with van der Waals surface area (Å²) in [4.78, 5) is 34.2. The zero-order chi connectivity index (χ0) is 21.6. The Labute approximate surface area is 187 Å². The van der Waals surface area contributed by atoms with E-state index < -0.39 is 16.7 Å². The molecule has 0 aliphatic rings. The number of benzene rings is 2. The molecule has 0 heterocycles. The molecular weight excluding hydrogens is 532 g/mol. The number of aryl methyl sites for hydroxylation is 1. The van der Waals surface area contributed by atoms with Crippen LogP contribution in [0.3, 0.4) is 0 Å². The van der Waals surface area contributed by atoms with Crippen LogP contribution in [0.4, 0.5) is 5.69 Å². The highest BCUT2D eigenvalue weighted by atomic mass is 79.9. The van der Waals surface area contributed by atoms with Crippen molar-refractivity contribution >= 4 is 66.7 Å². The number of halogens is 2. The standard InChI is InChI=1S/C17H14Br2N4O5S/c1-9-5-11(18)7-13(19)15(9)28-8-14(24)21-22-17(29)20-16(25)10-3-2-4-12(6-10)23(26)27/h2-7H,8H2,1H3,(H,21,24)(H2,20,22,25,29). The fourth-order valence-electron chi connectivity index (χ4n) is 2.14. The highest BCUT2D eigenvalue weighted by Gasteiger charge is 2.13. The van der Waals surface area contributed by atoms with Crippen molar-refractivity contribution in [2.75, 3.05) is 6.61 Å². The molecule has 0 bridgehead atoms. The lowest BCUT2D eigenvalue weighted by molar-refractivity contribution is -0.384. The average Bonchev–Trinajstić information content (AvgIpc) is 2.65. The molecule has 0 saturated heterocycles. The SMILES string of the molecule is Cc1cc(Br)cc(Br)c1OCC(=O)NNC(=S)NC(=O)c1cccc([N+](=O)[O-])c1. The number of hydrogen-bond acceptors (Lipinski definition) is 6. The molecule has 2 aromatic carbocycles. The van der Waals surface area contributed by atoms with Crippen molar-refractivity contribution in [2.45, 2.75) is 6.92 Å². The number of amides is 2. The first-order valence-corrected chi connectivity index (χ1v) is 9.90. The number of nitro groups is 1. The van der Waals surface area contributed by atoms with Crippen molar-refractivity contribution in [3.05, 3.63) is 66.6 Å². The van der Waals surface area contributed by atoms with Crippen molar-refractivity contribution in [3.8, 4) is 5.75 Å². The molecule has 0 atom stereocenters. The summed E-state index contributed by atoms with van der Waals surface area (Å²) < 4.78 is 7.04. The Balaban J connectivity index is 1.83. The molecule has 0 saturated carbocycles. The Morgan fingerprint density at radius 3 is 2.59 bits per heavy atom. The summed E-state index contributed by atoms with van der Waals surface area (Å²) in [5.74, 6) is -0.679. The summed E-state index contributed by atoms with van der Waals surface area (Å²) in [5.41, 5.74) is 5.30. The van der Waals surface area contributed by atoms with E-state index in [1.165, 1.54) is 18.2 Å². The number of carbonyl (C=O) groups is 2. The zero-order valence-corrected chi connectivity index (χ0v) is 18.8. The van der Waals surface area contributed by atoms with Gasteiger partial charge in [0.1, 0.15) is 5.75 Å². The Morgan fingerprint density at radius 2 is 1.93 bits per heavy atom. The normalized spacial score (nSPS) is 10.0. The van der Waals surface area contributed by atoms with E-state index in [2.05, 4.69) is 48.0 Å². The second-order valence-corrected chi connectivity index (χ2v) is 7.76. The van der Waals surface area contributed by atoms with E-state index in [1.54, 1.807) is 6.07 Å². The van der Waals surface area contributed by atoms with E-state index in [-0.39, 0.29) is 23.0 Å². The van der Waals surface area contributed by atoms with Crippen LogP contribution in [-0.2, 0) is 4.79 Å². The summed E-state index contributed by atoms with van der Waals surface area (Å²) in [6.07, 6.45) is 0. The lowest BCUT2D eigenvalue weighted by Crippen LogP contribution is -2.49. The maximum Gasteiger partial charge on any atom is 0.276 e. The van der Waals surface area contributed by atoms with Crippen LogP contribution in [0.15, 0.2) is 45.3 Å². The number of nitrogens with zero attached hydrogens (tertiary/aromatic N) is 1. The van der Waals surface area contributed by atoms with Crippen molar-refractivity contribution < 1.29 is 19.2 Å². The minimum absolute atomic E-state index is 0.0496. The van der Waals surface area contributed by atoms with Crippen LogP contribution in [0, 0.1) is 17.0 Å². The van der Waals surface area contributed by atoms with Crippen LogP contribution in [0.2, 0.25) is 0 Å². The molecule has 0 aliphatic carbocycles. The molecule has 9 nitrogen and oxygen atoms in total. The highest BCUT2D eigenvalue weighted by molar-refractivity contribution is 9.11. The van der Waals surface area contributed by atoms with Gasteiger partial charge in [-0.1, -0.05) is 22.0 Å². The number of hydrazine groups is 1. The minimum Gasteiger partial charge on any atom is -0.482 e. The number of non-ortho nitro benzene ring substituents is 1. The van der Waals surface area contributed by atoms with E-state index >= 15 is 0 Å². The van der Waals surface area contributed by atoms with Crippen LogP contribution in [0.1, 0.15) is 15.9 Å². The predicted molar refractivity (Wildman–Crippen MR) is 117 cm³/mol. The number of nitro benzene ring substituents is 1. The van der Waals surface area contributed by atoms with E-state index in [4.69, 9.17) is 17.0 Å². The van der Waals surface area contributed by atoms with E-state index in [1.807, 2.05) is 13.0 Å². The predicted octanol–water partition coefficient (Wildman–Crippen LogP) is 3.14. The molecule has 152 valence electrons. The van der Waals surface area contributed by atoms with Gasteiger partial charge in [-0.2, -0.15) is 0 Å². The van der Waals surface area contributed by atoms with Crippen LogP contribution in [-0.4, -0.2) is 28.5 Å². The summed E-state index contributed by atoms with van der Waals surface area (Å²) >= 11 is 11.6. The molecule has 0 aliphatic heterocycles. The summed E-state index contributed by atoms with van der Waals surface area (Å²) in [5, 5.41) is 12.9. The van der Waals surface area contributed by atoms with E-state index in [0.717, 1.165) is 16.1 Å². The second kappa shape index (κ2) is 10.3. The van der Waals surface area contributed by atoms with Gasteiger partial charge in [0.15, 0.2) is 11.7 Å². The van der Waals surface area contributed by atoms with E-state index in [9.17, 15) is 19.7 Å². The molecule has 0 radical (unpaired) electrons. The van der Waals surface area contributed by atoms with Gasteiger partial charge in [0.25, 0.3) is 17.5 Å². The van der Waals surface area contributed by atoms with Crippen molar-refractivity contribution in [1.82, 2.24) is 16.2 Å². The molecule has 0 unspecified atom stereocenters. The van der Waals surface area contributed by atoms with Gasteiger partial charge in [-0.3, -0.25) is 35.9 Å². The Hall–Kier alpha value is -2.57. The third-order valence-corrected chi connectivity index (χ3v) is 4.65. The van der Waals surface area contributed by atoms with Crippen LogP contribution < -0.4 is 20.9 Å². The zero-order valence-electron chi connectivity index (χ0n) is 14.8. The summed E-state index contributed by atoms with van der Waals surface area (Å²) in [6.45, 7) is 1.54. The average molecular weight is 546 g/mol. The molecule has 29 heavy (non-hydrogen) atoms. The van der Waals surface area contributed by atoms with E-state index in [0.29, 0.717) is 10.2 Å². The van der Waals surface area contributed by atoms with Crippen molar-refractivity contribution in [1.29, 1.82) is 0 Å². The monoisotopic (exact) mass is 544 g/mol. The van der Waals surface area contributed by atoms with Crippen molar-refractivity contribution in [3.63, 3.8) is 0 Å². The minimum atomic E-state index is -0.661. The van der Waals surface area contributed by atoms with Gasteiger partial charge >= 0.3 is 0 Å². The number of hydrogen-bond donors (Lipinski definition) is 3. The molecule has 0 aromatic heterocycles. The second-order valence-electron chi connectivity index (χ2n) is 5.59. The number of carbonyl (C=O) groups excluding carboxylic acids is 2. The Bertz CT molecular complexity index is 963. The first kappa shape index (κ1) is 22.7. The molecule has 0 spiro atoms. The molecule has 0 fully saturated rings. The molecule has 2 rings (SSSR count). The van der Waals surface area contributed by atoms with Gasteiger partial charge in [0, 0.05) is 22.2 Å². The largest absolute Gasteiger partial charge is 0.482 e. The smallest absolute Gasteiger partial charge is 0.276 e. The number of ether oxygens (including phenoxy) is 1. The summed E-state index contributed by atoms with van der Waals surface area (Å²) in [6, 6.07) is 8.79. The van der Waals surface area contributed by atoms with Gasteiger partial charge < -0.3 is 4.74 Å². The first-order chi connectivity index (χ1) is 13.7. The van der Waals surface area contributed by atoms with Crippen LogP contribution in [0.5, 0.6) is 5.75 Å². The van der Waals surface area contributed by atoms with Gasteiger partial charge in [-0.25, -0.2) is 0 Å². The molecule has 3 N–H and O–H groups in total. The quantitative estimate of drug-likeness (QED) is 0.299. The van der Waals surface area contributed by atoms with Gasteiger partial charge in [0.2, 0.25) is 0 Å². The fourth-order valence-corrected chi connectivity index (χ4v) is 3.84. The number of thiocarbonyl (C=S) groups is 1. The highest BCUT2D eigenvalue weighted by Crippen LogP contribution is 2.32.